The van der Waals surface area contributed by atoms with Gasteiger partial charge in [-0.1, -0.05) is 36.4 Å². The zero-order valence-electron chi connectivity index (χ0n) is 17.7. The van der Waals surface area contributed by atoms with E-state index in [0.29, 0.717) is 17.1 Å². The van der Waals surface area contributed by atoms with Gasteiger partial charge in [0.2, 0.25) is 11.8 Å². The minimum absolute atomic E-state index is 0.117. The largest absolute Gasteiger partial charge is 0.457 e. The van der Waals surface area contributed by atoms with E-state index in [1.165, 1.54) is 17.0 Å². The van der Waals surface area contributed by atoms with Gasteiger partial charge in [-0.15, -0.1) is 0 Å². The highest BCUT2D eigenvalue weighted by Crippen LogP contribution is 2.31. The molecule has 4 aromatic rings. The lowest BCUT2D eigenvalue weighted by Crippen LogP contribution is -2.28. The van der Waals surface area contributed by atoms with Crippen LogP contribution in [0.3, 0.4) is 0 Å². The van der Waals surface area contributed by atoms with E-state index in [9.17, 15) is 14.0 Å². The first-order valence-corrected chi connectivity index (χ1v) is 10.7. The smallest absolute Gasteiger partial charge is 0.229 e. The van der Waals surface area contributed by atoms with Crippen LogP contribution in [0.2, 0.25) is 0 Å². The summed E-state index contributed by atoms with van der Waals surface area (Å²) in [6.45, 7) is 0.262. The van der Waals surface area contributed by atoms with Crippen LogP contribution in [0.15, 0.2) is 91.0 Å². The molecule has 1 heterocycles. The van der Waals surface area contributed by atoms with Crippen molar-refractivity contribution in [2.75, 3.05) is 16.8 Å². The number of carbonyl (C=O) groups is 2. The average molecular weight is 440 g/mol. The Labute approximate surface area is 190 Å². The maximum atomic E-state index is 13.2. The summed E-state index contributed by atoms with van der Waals surface area (Å²) in [7, 11) is 0. The van der Waals surface area contributed by atoms with Gasteiger partial charge in [0.25, 0.3) is 0 Å². The van der Waals surface area contributed by atoms with E-state index in [4.69, 9.17) is 4.74 Å². The van der Waals surface area contributed by atoms with Gasteiger partial charge < -0.3 is 15.0 Å². The lowest BCUT2D eigenvalue weighted by atomic mass is 10.1. The van der Waals surface area contributed by atoms with Crippen molar-refractivity contribution in [3.05, 3.63) is 96.8 Å². The molecule has 33 heavy (non-hydrogen) atoms. The van der Waals surface area contributed by atoms with Gasteiger partial charge in [0, 0.05) is 29.7 Å². The van der Waals surface area contributed by atoms with Gasteiger partial charge in [0.15, 0.2) is 0 Å². The van der Waals surface area contributed by atoms with Gasteiger partial charge in [-0.3, -0.25) is 9.59 Å². The number of amides is 2. The molecular weight excluding hydrogens is 419 g/mol. The van der Waals surface area contributed by atoms with Crippen molar-refractivity contribution in [2.45, 2.75) is 6.42 Å². The van der Waals surface area contributed by atoms with E-state index >= 15 is 0 Å². The third-order valence-electron chi connectivity index (χ3n) is 5.73. The number of hydrogen-bond donors (Lipinski definition) is 1. The molecule has 0 unspecified atom stereocenters. The molecule has 0 bridgehead atoms. The van der Waals surface area contributed by atoms with Crippen LogP contribution in [0, 0.1) is 11.7 Å². The fourth-order valence-corrected chi connectivity index (χ4v) is 4.02. The third-order valence-corrected chi connectivity index (χ3v) is 5.73. The molecule has 1 N–H and O–H groups in total. The molecule has 5 nitrogen and oxygen atoms in total. The fraction of sp³-hybridized carbons (Fsp3) is 0.111. The van der Waals surface area contributed by atoms with E-state index in [2.05, 4.69) is 5.32 Å². The van der Waals surface area contributed by atoms with Crippen molar-refractivity contribution < 1.29 is 18.7 Å². The van der Waals surface area contributed by atoms with Crippen LogP contribution in [-0.4, -0.2) is 18.4 Å². The zero-order chi connectivity index (χ0) is 22.8. The number of anilines is 2. The molecule has 164 valence electrons. The Bertz CT molecular complexity index is 1310. The van der Waals surface area contributed by atoms with E-state index in [0.717, 1.165) is 16.5 Å². The number of hydrogen-bond acceptors (Lipinski definition) is 3. The fourth-order valence-electron chi connectivity index (χ4n) is 4.02. The normalized spacial score (nSPS) is 15.6. The van der Waals surface area contributed by atoms with Crippen LogP contribution in [0.5, 0.6) is 11.5 Å². The van der Waals surface area contributed by atoms with Crippen molar-refractivity contribution in [3.8, 4) is 11.5 Å². The second-order valence-electron chi connectivity index (χ2n) is 7.97. The Morgan fingerprint density at radius 2 is 1.64 bits per heavy atom. The molecule has 5 rings (SSSR count). The summed E-state index contributed by atoms with van der Waals surface area (Å²) < 4.78 is 19.2. The minimum Gasteiger partial charge on any atom is -0.457 e. The summed E-state index contributed by atoms with van der Waals surface area (Å²) in [6, 6.07) is 26.7. The predicted molar refractivity (Wildman–Crippen MR) is 126 cm³/mol. The summed E-state index contributed by atoms with van der Waals surface area (Å²) >= 11 is 0. The maximum absolute atomic E-state index is 13.2. The second-order valence-corrected chi connectivity index (χ2v) is 7.97. The predicted octanol–water partition coefficient (Wildman–Crippen LogP) is 5.76. The van der Waals surface area contributed by atoms with Crippen LogP contribution in [0.1, 0.15) is 6.42 Å². The van der Waals surface area contributed by atoms with Crippen LogP contribution < -0.4 is 15.0 Å². The summed E-state index contributed by atoms with van der Waals surface area (Å²) in [5.74, 6) is 0.191. The van der Waals surface area contributed by atoms with Crippen molar-refractivity contribution in [1.82, 2.24) is 0 Å². The minimum atomic E-state index is -0.478. The second kappa shape index (κ2) is 8.74. The topological polar surface area (TPSA) is 58.6 Å². The van der Waals surface area contributed by atoms with Crippen LogP contribution in [-0.2, 0) is 9.59 Å². The molecule has 0 saturated carbocycles. The summed E-state index contributed by atoms with van der Waals surface area (Å²) in [6.07, 6.45) is 0.117. The SMILES string of the molecule is O=C(Nc1ccc(Oc2cccc3ccccc23)cc1)[C@@H]1CC(=O)N(c2ccc(F)cc2)C1. The summed E-state index contributed by atoms with van der Waals surface area (Å²) in [4.78, 5) is 26.6. The van der Waals surface area contributed by atoms with Crippen LogP contribution in [0.25, 0.3) is 10.8 Å². The van der Waals surface area contributed by atoms with Crippen molar-refractivity contribution in [3.63, 3.8) is 0 Å². The number of nitrogens with one attached hydrogen (secondary N) is 1. The lowest BCUT2D eigenvalue weighted by molar-refractivity contribution is -0.122. The molecule has 4 aromatic carbocycles. The van der Waals surface area contributed by atoms with Gasteiger partial charge in [-0.2, -0.15) is 0 Å². The molecule has 1 saturated heterocycles. The highest BCUT2D eigenvalue weighted by Gasteiger charge is 2.35. The Balaban J connectivity index is 1.23. The van der Waals surface area contributed by atoms with Gasteiger partial charge >= 0.3 is 0 Å². The summed E-state index contributed by atoms with van der Waals surface area (Å²) in [5, 5.41) is 4.99. The first-order valence-electron chi connectivity index (χ1n) is 10.7. The molecule has 1 atom stereocenters. The van der Waals surface area contributed by atoms with Crippen LogP contribution in [0.4, 0.5) is 15.8 Å². The number of nitrogens with zero attached hydrogens (tertiary/aromatic N) is 1. The zero-order valence-corrected chi connectivity index (χ0v) is 17.7. The van der Waals surface area contributed by atoms with Gasteiger partial charge in [0.1, 0.15) is 17.3 Å². The number of carbonyl (C=O) groups excluding carboxylic acids is 2. The van der Waals surface area contributed by atoms with E-state index < -0.39 is 5.92 Å². The Hall–Kier alpha value is -4.19. The molecule has 0 spiro atoms. The molecule has 0 aliphatic carbocycles. The highest BCUT2D eigenvalue weighted by molar-refractivity contribution is 6.03. The van der Waals surface area contributed by atoms with Crippen molar-refractivity contribution in [2.24, 2.45) is 5.92 Å². The molecule has 1 fully saturated rings. The molecule has 0 radical (unpaired) electrons. The summed E-state index contributed by atoms with van der Waals surface area (Å²) in [5.41, 5.74) is 1.21. The van der Waals surface area contributed by atoms with Crippen molar-refractivity contribution >= 4 is 34.0 Å². The standard InChI is InChI=1S/C27H21FN2O3/c28-20-8-12-22(13-9-20)30-17-19(16-26(30)31)27(32)29-21-10-14-23(15-11-21)33-25-7-3-5-18-4-1-2-6-24(18)25/h1-15,19H,16-17H2,(H,29,32)/t19-/m1/s1. The number of halogens is 1. The Morgan fingerprint density at radius 1 is 0.909 bits per heavy atom. The first-order chi connectivity index (χ1) is 16.1. The quantitative estimate of drug-likeness (QED) is 0.429. The average Bonchev–Trinajstić information content (AvgIpc) is 3.23. The first kappa shape index (κ1) is 20.7. The third kappa shape index (κ3) is 4.41. The van der Waals surface area contributed by atoms with Gasteiger partial charge in [0.05, 0.1) is 5.92 Å². The molecule has 2 amide bonds. The van der Waals surface area contributed by atoms with Gasteiger partial charge in [-0.25, -0.2) is 4.39 Å². The molecule has 1 aliphatic heterocycles. The van der Waals surface area contributed by atoms with E-state index in [1.807, 2.05) is 42.5 Å². The number of rotatable bonds is 5. The molecular formula is C27H21FN2O3. The molecule has 6 heteroatoms. The molecule has 0 aromatic heterocycles. The van der Waals surface area contributed by atoms with Crippen molar-refractivity contribution in [1.29, 1.82) is 0 Å². The van der Waals surface area contributed by atoms with Crippen LogP contribution >= 0.6 is 0 Å². The maximum Gasteiger partial charge on any atom is 0.229 e. The lowest BCUT2D eigenvalue weighted by Gasteiger charge is -2.16. The monoisotopic (exact) mass is 440 g/mol. The van der Waals surface area contributed by atoms with E-state index in [1.54, 1.807) is 36.4 Å². The molecule has 1 aliphatic rings. The van der Waals surface area contributed by atoms with Gasteiger partial charge in [-0.05, 0) is 60.0 Å². The Kier molecular flexibility index (Phi) is 5.48. The Morgan fingerprint density at radius 3 is 2.42 bits per heavy atom. The number of ether oxygens (including phenoxy) is 1. The number of benzene rings is 4. The van der Waals surface area contributed by atoms with E-state index in [-0.39, 0.29) is 30.6 Å². The number of fused-ring (bicyclic) bond motifs is 1. The highest BCUT2D eigenvalue weighted by atomic mass is 19.1.